The number of fused-ring (bicyclic) bond motifs is 2. The Morgan fingerprint density at radius 2 is 1.79 bits per heavy atom. The Bertz CT molecular complexity index is 1510. The predicted molar refractivity (Wildman–Crippen MR) is 168 cm³/mol. The number of anilines is 1. The van der Waals surface area contributed by atoms with Crippen LogP contribution in [0.2, 0.25) is 0 Å². The quantitative estimate of drug-likeness (QED) is 0.227. The first kappa shape index (κ1) is 26.8. The minimum atomic E-state index is 0.251. The molecule has 5 rings (SSSR count). The number of nitrogens with zero attached hydrogens (tertiary/aromatic N) is 2. The van der Waals surface area contributed by atoms with Crippen molar-refractivity contribution in [1.29, 1.82) is 0 Å². The van der Waals surface area contributed by atoms with Crippen LogP contribution in [-0.2, 0) is 6.54 Å². The Labute approximate surface area is 236 Å². The van der Waals surface area contributed by atoms with E-state index in [1.54, 1.807) is 0 Å². The van der Waals surface area contributed by atoms with E-state index in [9.17, 15) is 0 Å². The smallest absolute Gasteiger partial charge is 0.262 e. The number of allylic oxidation sites excluding steroid dienone is 8. The van der Waals surface area contributed by atoms with E-state index in [-0.39, 0.29) is 5.41 Å². The van der Waals surface area contributed by atoms with Gasteiger partial charge in [0.15, 0.2) is 0 Å². The summed E-state index contributed by atoms with van der Waals surface area (Å²) < 4.78 is 3.73. The van der Waals surface area contributed by atoms with Crippen molar-refractivity contribution in [2.24, 2.45) is 5.41 Å². The highest BCUT2D eigenvalue weighted by Crippen LogP contribution is 2.48. The molecule has 38 heavy (non-hydrogen) atoms. The SMILES string of the molecule is CCN1C(=CC2=CC(=CC=CC=Cc3sc4ccccc4[n+]3CC)CC(C)(C)C2)Sc2cc(C)c(C)cc21. The van der Waals surface area contributed by atoms with Gasteiger partial charge in [-0.3, -0.25) is 0 Å². The third kappa shape index (κ3) is 5.62. The third-order valence-corrected chi connectivity index (χ3v) is 9.66. The van der Waals surface area contributed by atoms with Gasteiger partial charge in [-0.15, -0.1) is 0 Å². The van der Waals surface area contributed by atoms with Crippen LogP contribution >= 0.6 is 23.1 Å². The van der Waals surface area contributed by atoms with E-state index in [2.05, 4.69) is 130 Å². The highest BCUT2D eigenvalue weighted by atomic mass is 32.2. The van der Waals surface area contributed by atoms with Crippen LogP contribution in [0.3, 0.4) is 0 Å². The molecule has 0 radical (unpaired) electrons. The monoisotopic (exact) mass is 539 g/mol. The summed E-state index contributed by atoms with van der Waals surface area (Å²) >= 11 is 3.77. The van der Waals surface area contributed by atoms with Crippen LogP contribution in [0.4, 0.5) is 5.69 Å². The largest absolute Gasteiger partial charge is 0.335 e. The topological polar surface area (TPSA) is 7.12 Å². The average molecular weight is 540 g/mol. The summed E-state index contributed by atoms with van der Waals surface area (Å²) in [6.45, 7) is 15.6. The van der Waals surface area contributed by atoms with E-state index in [0.717, 1.165) is 25.9 Å². The maximum absolute atomic E-state index is 2.47. The fourth-order valence-electron chi connectivity index (χ4n) is 5.54. The van der Waals surface area contributed by atoms with Gasteiger partial charge in [0.25, 0.3) is 5.01 Å². The third-order valence-electron chi connectivity index (χ3n) is 7.43. The molecule has 3 aromatic rings. The number of benzene rings is 2. The number of thioether (sulfide) groups is 1. The average Bonchev–Trinajstić information content (AvgIpc) is 3.39. The van der Waals surface area contributed by atoms with Crippen LogP contribution in [-0.4, -0.2) is 6.54 Å². The maximum atomic E-state index is 2.47. The summed E-state index contributed by atoms with van der Waals surface area (Å²) in [6, 6.07) is 13.4. The number of aromatic nitrogens is 1. The number of para-hydroxylation sites is 1. The van der Waals surface area contributed by atoms with Gasteiger partial charge in [-0.25, -0.2) is 0 Å². The van der Waals surface area contributed by atoms with Crippen molar-refractivity contribution in [3.63, 3.8) is 0 Å². The van der Waals surface area contributed by atoms with Crippen molar-refractivity contribution in [3.05, 3.63) is 105 Å². The molecule has 2 nitrogen and oxygen atoms in total. The molecule has 1 aliphatic heterocycles. The molecular formula is C34H39N2S2+. The molecule has 0 fully saturated rings. The molecule has 0 saturated heterocycles. The highest BCUT2D eigenvalue weighted by molar-refractivity contribution is 8.03. The first-order chi connectivity index (χ1) is 18.3. The number of rotatable bonds is 6. The van der Waals surface area contributed by atoms with E-state index in [1.807, 2.05) is 23.1 Å². The van der Waals surface area contributed by atoms with Crippen LogP contribution < -0.4 is 9.47 Å². The fraction of sp³-hybridized carbons (Fsp3) is 0.324. The van der Waals surface area contributed by atoms with Crippen molar-refractivity contribution < 1.29 is 4.57 Å². The summed E-state index contributed by atoms with van der Waals surface area (Å²) in [7, 11) is 0. The minimum Gasteiger partial charge on any atom is -0.335 e. The van der Waals surface area contributed by atoms with Crippen molar-refractivity contribution >= 4 is 45.1 Å². The molecule has 196 valence electrons. The summed E-state index contributed by atoms with van der Waals surface area (Å²) in [5.74, 6) is 0. The predicted octanol–water partition coefficient (Wildman–Crippen LogP) is 9.54. The molecule has 0 amide bonds. The lowest BCUT2D eigenvalue weighted by molar-refractivity contribution is -0.665. The van der Waals surface area contributed by atoms with Crippen molar-refractivity contribution in [2.45, 2.75) is 65.8 Å². The zero-order chi connectivity index (χ0) is 26.9. The summed E-state index contributed by atoms with van der Waals surface area (Å²) in [6.07, 6.45) is 18.1. The molecule has 1 aliphatic carbocycles. The molecule has 0 saturated carbocycles. The molecule has 0 atom stereocenters. The van der Waals surface area contributed by atoms with Gasteiger partial charge in [-0.05, 0) is 92.5 Å². The number of hydrogen-bond donors (Lipinski definition) is 0. The van der Waals surface area contributed by atoms with Gasteiger partial charge in [-0.2, -0.15) is 4.57 Å². The van der Waals surface area contributed by atoms with Gasteiger partial charge in [-0.1, -0.05) is 79.5 Å². The first-order valence-corrected chi connectivity index (χ1v) is 15.4. The molecule has 0 N–H and O–H groups in total. The Kier molecular flexibility index (Phi) is 7.83. The lowest BCUT2D eigenvalue weighted by atomic mass is 9.75. The number of hydrogen-bond acceptors (Lipinski definition) is 3. The zero-order valence-corrected chi connectivity index (χ0v) is 25.2. The van der Waals surface area contributed by atoms with Crippen LogP contribution in [0.15, 0.2) is 93.9 Å². The Morgan fingerprint density at radius 3 is 2.58 bits per heavy atom. The molecule has 1 aromatic heterocycles. The summed E-state index contributed by atoms with van der Waals surface area (Å²) in [4.78, 5) is 3.85. The minimum absolute atomic E-state index is 0.251. The van der Waals surface area contributed by atoms with Gasteiger partial charge >= 0.3 is 0 Å². The van der Waals surface area contributed by atoms with E-state index in [1.165, 1.54) is 53.1 Å². The van der Waals surface area contributed by atoms with Gasteiger partial charge in [0, 0.05) is 23.6 Å². The molecule has 4 heteroatoms. The summed E-state index contributed by atoms with van der Waals surface area (Å²) in [5, 5.41) is 2.64. The van der Waals surface area contributed by atoms with Crippen LogP contribution in [0, 0.1) is 19.3 Å². The highest BCUT2D eigenvalue weighted by Gasteiger charge is 2.28. The van der Waals surface area contributed by atoms with Crippen LogP contribution in [0.5, 0.6) is 0 Å². The van der Waals surface area contributed by atoms with E-state index >= 15 is 0 Å². The van der Waals surface area contributed by atoms with E-state index in [0.29, 0.717) is 0 Å². The maximum Gasteiger partial charge on any atom is 0.262 e. The van der Waals surface area contributed by atoms with E-state index < -0.39 is 0 Å². The first-order valence-electron chi connectivity index (χ1n) is 13.7. The molecule has 0 unspecified atom stereocenters. The number of thiazole rings is 1. The Balaban J connectivity index is 1.36. The Hall–Kier alpha value is -2.82. The number of aryl methyl sites for hydroxylation is 3. The second kappa shape index (κ2) is 11.1. The van der Waals surface area contributed by atoms with Gasteiger partial charge in [0.05, 0.1) is 10.7 Å². The Morgan fingerprint density at radius 1 is 1.00 bits per heavy atom. The van der Waals surface area contributed by atoms with E-state index in [4.69, 9.17) is 0 Å². The lowest BCUT2D eigenvalue weighted by Gasteiger charge is -2.31. The molecule has 2 heterocycles. The molecular weight excluding hydrogens is 501 g/mol. The normalized spacial score (nSPS) is 19.4. The van der Waals surface area contributed by atoms with Gasteiger partial charge in [0.1, 0.15) is 11.2 Å². The van der Waals surface area contributed by atoms with Crippen molar-refractivity contribution in [1.82, 2.24) is 0 Å². The second-order valence-corrected chi connectivity index (χ2v) is 13.2. The van der Waals surface area contributed by atoms with Crippen molar-refractivity contribution in [3.8, 4) is 0 Å². The standard InChI is InChI=1S/C34H39N2S2/c1-7-35-28-15-12-13-16-30(28)37-32(35)17-11-9-10-14-26-20-27(23-34(5,6)22-26)21-33-36(8-2)29-18-24(3)25(4)19-31(29)38-33/h9-21H,7-8,22-23H2,1-6H3/q+1. The molecule has 0 spiro atoms. The summed E-state index contributed by atoms with van der Waals surface area (Å²) in [5.41, 5.74) is 8.49. The fourth-order valence-corrected chi connectivity index (χ4v) is 7.96. The second-order valence-electron chi connectivity index (χ2n) is 11.1. The molecule has 0 bridgehead atoms. The van der Waals surface area contributed by atoms with Crippen LogP contribution in [0.1, 0.15) is 56.7 Å². The van der Waals surface area contributed by atoms with Crippen LogP contribution in [0.25, 0.3) is 16.3 Å². The van der Waals surface area contributed by atoms with Gasteiger partial charge < -0.3 is 4.90 Å². The lowest BCUT2D eigenvalue weighted by Crippen LogP contribution is -2.33. The molecule has 2 aliphatic rings. The molecule has 2 aromatic carbocycles. The zero-order valence-electron chi connectivity index (χ0n) is 23.5. The van der Waals surface area contributed by atoms with Crippen molar-refractivity contribution in [2.75, 3.05) is 11.4 Å². The van der Waals surface area contributed by atoms with Gasteiger partial charge in [0.2, 0.25) is 5.52 Å².